The Morgan fingerprint density at radius 3 is 2.22 bits per heavy atom. The summed E-state index contributed by atoms with van der Waals surface area (Å²) in [5.74, 6) is 1.33. The molecule has 1 heterocycles. The Hall–Kier alpha value is -2.11. The van der Waals surface area contributed by atoms with Crippen molar-refractivity contribution >= 4 is 11.8 Å². The second-order valence-electron chi connectivity index (χ2n) is 7.52. The van der Waals surface area contributed by atoms with Gasteiger partial charge in [0, 0.05) is 12.1 Å². The average molecular weight is 315 g/mol. The highest BCUT2D eigenvalue weighted by Gasteiger charge is 2.54. The molecule has 0 radical (unpaired) electrons. The van der Waals surface area contributed by atoms with Gasteiger partial charge in [0.1, 0.15) is 0 Å². The fourth-order valence-corrected chi connectivity index (χ4v) is 5.30. The Morgan fingerprint density at radius 2 is 1.65 bits per heavy atom. The van der Waals surface area contributed by atoms with Gasteiger partial charge >= 0.3 is 5.91 Å². The highest BCUT2D eigenvalue weighted by atomic mass is 16.5. The van der Waals surface area contributed by atoms with E-state index in [1.165, 1.54) is 31.5 Å². The summed E-state index contributed by atoms with van der Waals surface area (Å²) in [5.41, 5.74) is 4.64. The van der Waals surface area contributed by atoms with Gasteiger partial charge in [0.05, 0.1) is 5.41 Å². The summed E-state index contributed by atoms with van der Waals surface area (Å²) in [6.45, 7) is 0. The fraction of sp³-hybridized carbons (Fsp3) is 0.588. The summed E-state index contributed by atoms with van der Waals surface area (Å²) in [6.07, 6.45) is 7.86. The van der Waals surface area contributed by atoms with Crippen molar-refractivity contribution in [1.29, 1.82) is 0 Å². The number of pyridine rings is 1. The standard InChI is InChI=1S/C17H21N3O3/c21-15(14-3-1-2-4-20(14)23)18-19-16(22)17-8-11-5-12(9-17)7-13(6-11)10-17/h1-4,11-13H,5-10H2,(H,18,21)(H,19,22). The molecule has 23 heavy (non-hydrogen) atoms. The maximum atomic E-state index is 12.7. The van der Waals surface area contributed by atoms with Crippen molar-refractivity contribution in [3.63, 3.8) is 0 Å². The molecule has 0 unspecified atom stereocenters. The molecule has 4 fully saturated rings. The zero-order valence-electron chi connectivity index (χ0n) is 13.0. The summed E-state index contributed by atoms with van der Waals surface area (Å²) >= 11 is 0. The zero-order valence-corrected chi connectivity index (χ0v) is 13.0. The lowest BCUT2D eigenvalue weighted by atomic mass is 9.49. The van der Waals surface area contributed by atoms with Gasteiger partial charge in [-0.2, -0.15) is 4.73 Å². The predicted molar refractivity (Wildman–Crippen MR) is 81.6 cm³/mol. The Labute approximate surface area is 134 Å². The first kappa shape index (κ1) is 14.5. The molecule has 5 rings (SSSR count). The molecular weight excluding hydrogens is 294 g/mol. The largest absolute Gasteiger partial charge is 0.618 e. The lowest BCUT2D eigenvalue weighted by molar-refractivity contribution is -0.607. The zero-order chi connectivity index (χ0) is 16.0. The molecule has 0 aliphatic heterocycles. The Morgan fingerprint density at radius 1 is 1.04 bits per heavy atom. The highest BCUT2D eigenvalue weighted by molar-refractivity contribution is 5.93. The number of hydrogen-bond acceptors (Lipinski definition) is 3. The van der Waals surface area contributed by atoms with Crippen LogP contribution >= 0.6 is 0 Å². The molecule has 4 aliphatic rings. The lowest BCUT2D eigenvalue weighted by Crippen LogP contribution is -2.57. The first-order chi connectivity index (χ1) is 11.1. The van der Waals surface area contributed by atoms with Gasteiger partial charge in [0.2, 0.25) is 5.91 Å². The van der Waals surface area contributed by atoms with E-state index in [9.17, 15) is 14.8 Å². The van der Waals surface area contributed by atoms with Gasteiger partial charge in [-0.25, -0.2) is 0 Å². The third-order valence-corrected chi connectivity index (χ3v) is 5.87. The van der Waals surface area contributed by atoms with Gasteiger partial charge in [0.25, 0.3) is 5.69 Å². The Bertz CT molecular complexity index is 623. The van der Waals surface area contributed by atoms with Crippen molar-refractivity contribution in [2.45, 2.75) is 38.5 Å². The van der Waals surface area contributed by atoms with Crippen LogP contribution in [0.2, 0.25) is 0 Å². The average Bonchev–Trinajstić information content (AvgIpc) is 2.51. The molecular formula is C17H21N3O3. The van der Waals surface area contributed by atoms with Crippen LogP contribution in [0.3, 0.4) is 0 Å². The van der Waals surface area contributed by atoms with Crippen LogP contribution in [0.5, 0.6) is 0 Å². The van der Waals surface area contributed by atoms with Crippen LogP contribution < -0.4 is 15.6 Å². The van der Waals surface area contributed by atoms with Gasteiger partial charge in [-0.05, 0) is 62.3 Å². The van der Waals surface area contributed by atoms with Crippen LogP contribution in [0.15, 0.2) is 24.4 Å². The number of carbonyl (C=O) groups excluding carboxylic acids is 2. The molecule has 122 valence electrons. The topological polar surface area (TPSA) is 85.1 Å². The predicted octanol–water partition coefficient (Wildman–Crippen LogP) is 1.30. The molecule has 4 aliphatic carbocycles. The van der Waals surface area contributed by atoms with Crippen molar-refractivity contribution in [3.05, 3.63) is 35.3 Å². The third kappa shape index (κ3) is 2.46. The molecule has 2 amide bonds. The smallest absolute Gasteiger partial charge is 0.335 e. The molecule has 6 nitrogen and oxygen atoms in total. The Kier molecular flexibility index (Phi) is 3.28. The minimum atomic E-state index is -0.585. The van der Waals surface area contributed by atoms with Crippen LogP contribution in [-0.2, 0) is 4.79 Å². The SMILES string of the molecule is O=C(NNC(=O)C12CC3CC(CC(C3)C1)C2)c1cccc[n+]1[O-]. The number of hydrogen-bond donors (Lipinski definition) is 2. The van der Waals surface area contributed by atoms with Gasteiger partial charge in [0.15, 0.2) is 6.20 Å². The molecule has 6 heteroatoms. The van der Waals surface area contributed by atoms with Crippen molar-refractivity contribution < 1.29 is 14.3 Å². The number of rotatable bonds is 2. The minimum Gasteiger partial charge on any atom is -0.618 e. The quantitative estimate of drug-likeness (QED) is 0.490. The molecule has 4 bridgehead atoms. The Balaban J connectivity index is 1.43. The fourth-order valence-electron chi connectivity index (χ4n) is 5.30. The second kappa shape index (κ2) is 5.22. The van der Waals surface area contributed by atoms with E-state index in [0.717, 1.165) is 19.3 Å². The van der Waals surface area contributed by atoms with E-state index in [1.807, 2.05) is 0 Å². The molecule has 1 aromatic heterocycles. The summed E-state index contributed by atoms with van der Waals surface area (Å²) < 4.78 is 0.492. The maximum Gasteiger partial charge on any atom is 0.335 e. The first-order valence-electron chi connectivity index (χ1n) is 8.35. The number of aromatic nitrogens is 1. The van der Waals surface area contributed by atoms with E-state index in [4.69, 9.17) is 0 Å². The number of hydrazine groups is 1. The van der Waals surface area contributed by atoms with E-state index in [1.54, 1.807) is 12.1 Å². The lowest BCUT2D eigenvalue weighted by Gasteiger charge is -2.55. The minimum absolute atomic E-state index is 0.0293. The molecule has 0 saturated heterocycles. The summed E-state index contributed by atoms with van der Waals surface area (Å²) in [5, 5.41) is 11.6. The summed E-state index contributed by atoms with van der Waals surface area (Å²) in [7, 11) is 0. The van der Waals surface area contributed by atoms with Gasteiger partial charge < -0.3 is 5.21 Å². The molecule has 0 atom stereocenters. The molecule has 4 saturated carbocycles. The second-order valence-corrected chi connectivity index (χ2v) is 7.52. The van der Waals surface area contributed by atoms with E-state index in [2.05, 4.69) is 10.9 Å². The van der Waals surface area contributed by atoms with Crippen molar-refractivity contribution in [3.8, 4) is 0 Å². The number of amides is 2. The van der Waals surface area contributed by atoms with Gasteiger partial charge in [-0.15, -0.1) is 0 Å². The maximum absolute atomic E-state index is 12.7. The van der Waals surface area contributed by atoms with Crippen molar-refractivity contribution in [2.75, 3.05) is 0 Å². The summed E-state index contributed by atoms with van der Waals surface area (Å²) in [6, 6.07) is 4.60. The molecule has 0 aromatic carbocycles. The normalized spacial score (nSPS) is 34.2. The van der Waals surface area contributed by atoms with Gasteiger partial charge in [-0.1, -0.05) is 0 Å². The van der Waals surface area contributed by atoms with Crippen molar-refractivity contribution in [1.82, 2.24) is 10.9 Å². The monoisotopic (exact) mass is 315 g/mol. The highest BCUT2D eigenvalue weighted by Crippen LogP contribution is 2.59. The van der Waals surface area contributed by atoms with Crippen LogP contribution in [0, 0.1) is 28.4 Å². The summed E-state index contributed by atoms with van der Waals surface area (Å²) in [4.78, 5) is 24.8. The van der Waals surface area contributed by atoms with Crippen molar-refractivity contribution in [2.24, 2.45) is 23.2 Å². The molecule has 2 N–H and O–H groups in total. The number of carbonyl (C=O) groups is 2. The molecule has 0 spiro atoms. The molecule has 1 aromatic rings. The van der Waals surface area contributed by atoms with Crippen LogP contribution in [-0.4, -0.2) is 11.8 Å². The first-order valence-corrected chi connectivity index (χ1v) is 8.35. The van der Waals surface area contributed by atoms with Crippen LogP contribution in [0.1, 0.15) is 49.0 Å². The third-order valence-electron chi connectivity index (χ3n) is 5.87. The van der Waals surface area contributed by atoms with Crippen LogP contribution in [0.4, 0.5) is 0 Å². The van der Waals surface area contributed by atoms with Crippen LogP contribution in [0.25, 0.3) is 0 Å². The van der Waals surface area contributed by atoms with E-state index in [0.29, 0.717) is 22.5 Å². The van der Waals surface area contributed by atoms with Gasteiger partial charge in [-0.3, -0.25) is 20.4 Å². The number of nitrogens with one attached hydrogen (secondary N) is 2. The number of nitrogens with zero attached hydrogens (tertiary/aromatic N) is 1. The van der Waals surface area contributed by atoms with E-state index < -0.39 is 5.91 Å². The van der Waals surface area contributed by atoms with E-state index >= 15 is 0 Å². The van der Waals surface area contributed by atoms with E-state index in [-0.39, 0.29) is 17.0 Å².